The van der Waals surface area contributed by atoms with Crippen LogP contribution in [0.1, 0.15) is 30.0 Å². The standard InChI is InChI=1S/C13H21NO/c1-4-6-14-7-5-12-8-10(2)13(15)11(3)9-12/h8-9,14-15H,4-7H2,1-3H3. The first-order valence-electron chi connectivity index (χ1n) is 5.65. The molecule has 15 heavy (non-hydrogen) atoms. The number of nitrogens with one attached hydrogen (secondary N) is 1. The van der Waals surface area contributed by atoms with Crippen LogP contribution in [-0.2, 0) is 6.42 Å². The van der Waals surface area contributed by atoms with Crippen molar-refractivity contribution in [3.8, 4) is 5.75 Å². The summed E-state index contributed by atoms with van der Waals surface area (Å²) < 4.78 is 0. The molecule has 0 aliphatic carbocycles. The van der Waals surface area contributed by atoms with E-state index in [0.717, 1.165) is 30.6 Å². The van der Waals surface area contributed by atoms with Gasteiger partial charge >= 0.3 is 0 Å². The summed E-state index contributed by atoms with van der Waals surface area (Å²) in [4.78, 5) is 0. The van der Waals surface area contributed by atoms with Crippen LogP contribution in [0.3, 0.4) is 0 Å². The number of aromatic hydroxyl groups is 1. The molecule has 84 valence electrons. The van der Waals surface area contributed by atoms with Crippen LogP contribution in [0.15, 0.2) is 12.1 Å². The smallest absolute Gasteiger partial charge is 0.121 e. The minimum atomic E-state index is 0.431. The molecule has 0 bridgehead atoms. The summed E-state index contributed by atoms with van der Waals surface area (Å²) in [5.74, 6) is 0.431. The van der Waals surface area contributed by atoms with Gasteiger partial charge in [0.1, 0.15) is 5.75 Å². The Morgan fingerprint density at radius 3 is 2.27 bits per heavy atom. The first-order chi connectivity index (χ1) is 7.15. The summed E-state index contributed by atoms with van der Waals surface area (Å²) in [6, 6.07) is 4.13. The quantitative estimate of drug-likeness (QED) is 0.727. The van der Waals surface area contributed by atoms with Crippen molar-refractivity contribution in [1.29, 1.82) is 0 Å². The molecule has 0 amide bonds. The molecule has 2 N–H and O–H groups in total. The highest BCUT2D eigenvalue weighted by molar-refractivity contribution is 5.42. The van der Waals surface area contributed by atoms with Gasteiger partial charge in [-0.15, -0.1) is 0 Å². The number of benzene rings is 1. The molecule has 2 heteroatoms. The Labute approximate surface area is 92.3 Å². The van der Waals surface area contributed by atoms with Crippen molar-refractivity contribution in [3.63, 3.8) is 0 Å². The van der Waals surface area contributed by atoms with E-state index >= 15 is 0 Å². The first-order valence-corrected chi connectivity index (χ1v) is 5.65. The molecule has 1 aromatic rings. The molecule has 0 radical (unpaired) electrons. The van der Waals surface area contributed by atoms with E-state index in [1.165, 1.54) is 12.0 Å². The molecule has 1 rings (SSSR count). The lowest BCUT2D eigenvalue weighted by Crippen LogP contribution is -2.17. The Morgan fingerprint density at radius 1 is 1.13 bits per heavy atom. The normalized spacial score (nSPS) is 10.6. The van der Waals surface area contributed by atoms with E-state index in [4.69, 9.17) is 0 Å². The number of hydrogen-bond acceptors (Lipinski definition) is 2. The Hall–Kier alpha value is -1.02. The maximum Gasteiger partial charge on any atom is 0.121 e. The lowest BCUT2D eigenvalue weighted by Gasteiger charge is -2.08. The average Bonchev–Trinajstić information content (AvgIpc) is 2.21. The monoisotopic (exact) mass is 207 g/mol. The second-order valence-electron chi connectivity index (χ2n) is 4.08. The van der Waals surface area contributed by atoms with Gasteiger partial charge in [-0.05, 0) is 56.5 Å². The molecule has 0 atom stereocenters. The SMILES string of the molecule is CCCNCCc1cc(C)c(O)c(C)c1. The van der Waals surface area contributed by atoms with Gasteiger partial charge in [-0.25, -0.2) is 0 Å². The number of hydrogen-bond donors (Lipinski definition) is 2. The van der Waals surface area contributed by atoms with Crippen molar-refractivity contribution < 1.29 is 5.11 Å². The highest BCUT2D eigenvalue weighted by Crippen LogP contribution is 2.22. The van der Waals surface area contributed by atoms with Crippen LogP contribution >= 0.6 is 0 Å². The van der Waals surface area contributed by atoms with Gasteiger partial charge in [0.25, 0.3) is 0 Å². The minimum absolute atomic E-state index is 0.431. The molecular formula is C13H21NO. The van der Waals surface area contributed by atoms with Gasteiger partial charge in [0.2, 0.25) is 0 Å². The summed E-state index contributed by atoms with van der Waals surface area (Å²) >= 11 is 0. The molecule has 0 saturated heterocycles. The van der Waals surface area contributed by atoms with Crippen LogP contribution in [0.25, 0.3) is 0 Å². The van der Waals surface area contributed by atoms with Gasteiger partial charge in [0.15, 0.2) is 0 Å². The zero-order valence-electron chi connectivity index (χ0n) is 9.93. The molecule has 2 nitrogen and oxygen atoms in total. The highest BCUT2D eigenvalue weighted by Gasteiger charge is 2.02. The lowest BCUT2D eigenvalue weighted by molar-refractivity contribution is 0.466. The third-order valence-corrected chi connectivity index (χ3v) is 2.57. The van der Waals surface area contributed by atoms with Gasteiger partial charge in [0, 0.05) is 0 Å². The zero-order valence-corrected chi connectivity index (χ0v) is 9.93. The molecular weight excluding hydrogens is 186 g/mol. The molecule has 0 saturated carbocycles. The zero-order chi connectivity index (χ0) is 11.3. The van der Waals surface area contributed by atoms with Crippen LogP contribution in [-0.4, -0.2) is 18.2 Å². The Kier molecular flexibility index (Phi) is 4.63. The van der Waals surface area contributed by atoms with Crippen LogP contribution < -0.4 is 5.32 Å². The van der Waals surface area contributed by atoms with Gasteiger partial charge < -0.3 is 10.4 Å². The fraction of sp³-hybridized carbons (Fsp3) is 0.538. The first kappa shape index (κ1) is 12.1. The van der Waals surface area contributed by atoms with Gasteiger partial charge in [-0.1, -0.05) is 19.1 Å². The summed E-state index contributed by atoms with van der Waals surface area (Å²) in [5.41, 5.74) is 3.24. The summed E-state index contributed by atoms with van der Waals surface area (Å²) in [6.45, 7) is 8.16. The fourth-order valence-corrected chi connectivity index (χ4v) is 1.72. The van der Waals surface area contributed by atoms with Crippen molar-refractivity contribution in [2.75, 3.05) is 13.1 Å². The Balaban J connectivity index is 2.55. The summed E-state index contributed by atoms with van der Waals surface area (Å²) in [7, 11) is 0. The molecule has 0 heterocycles. The predicted molar refractivity (Wildman–Crippen MR) is 64.4 cm³/mol. The molecule has 0 aromatic heterocycles. The van der Waals surface area contributed by atoms with Crippen molar-refractivity contribution >= 4 is 0 Å². The molecule has 0 unspecified atom stereocenters. The minimum Gasteiger partial charge on any atom is -0.507 e. The third-order valence-electron chi connectivity index (χ3n) is 2.57. The van der Waals surface area contributed by atoms with E-state index in [9.17, 15) is 5.11 Å². The molecule has 0 aliphatic rings. The predicted octanol–water partition coefficient (Wildman–Crippen LogP) is 2.55. The lowest BCUT2D eigenvalue weighted by atomic mass is 10.0. The van der Waals surface area contributed by atoms with Gasteiger partial charge in [0.05, 0.1) is 0 Å². The van der Waals surface area contributed by atoms with Gasteiger partial charge in [-0.3, -0.25) is 0 Å². The van der Waals surface area contributed by atoms with E-state index < -0.39 is 0 Å². The van der Waals surface area contributed by atoms with E-state index in [1.54, 1.807) is 0 Å². The Morgan fingerprint density at radius 2 is 1.73 bits per heavy atom. The number of phenols is 1. The molecule has 0 spiro atoms. The van der Waals surface area contributed by atoms with Crippen molar-refractivity contribution in [1.82, 2.24) is 5.32 Å². The van der Waals surface area contributed by atoms with E-state index in [0.29, 0.717) is 5.75 Å². The summed E-state index contributed by atoms with van der Waals surface area (Å²) in [5, 5.41) is 13.0. The van der Waals surface area contributed by atoms with Gasteiger partial charge in [-0.2, -0.15) is 0 Å². The maximum atomic E-state index is 9.62. The highest BCUT2D eigenvalue weighted by atomic mass is 16.3. The van der Waals surface area contributed by atoms with Crippen LogP contribution in [0.2, 0.25) is 0 Å². The van der Waals surface area contributed by atoms with Crippen molar-refractivity contribution in [2.45, 2.75) is 33.6 Å². The average molecular weight is 207 g/mol. The molecule has 1 aromatic carbocycles. The molecule has 0 aliphatic heterocycles. The van der Waals surface area contributed by atoms with Crippen LogP contribution in [0.4, 0.5) is 0 Å². The largest absolute Gasteiger partial charge is 0.507 e. The maximum absolute atomic E-state index is 9.62. The van der Waals surface area contributed by atoms with E-state index in [1.807, 2.05) is 13.8 Å². The van der Waals surface area contributed by atoms with Crippen LogP contribution in [0, 0.1) is 13.8 Å². The molecule has 0 fully saturated rings. The number of aryl methyl sites for hydroxylation is 2. The Bertz CT molecular complexity index is 297. The number of phenolic OH excluding ortho intramolecular Hbond substituents is 1. The van der Waals surface area contributed by atoms with E-state index in [2.05, 4.69) is 24.4 Å². The second-order valence-corrected chi connectivity index (χ2v) is 4.08. The van der Waals surface area contributed by atoms with Crippen molar-refractivity contribution in [3.05, 3.63) is 28.8 Å². The van der Waals surface area contributed by atoms with Crippen LogP contribution in [0.5, 0.6) is 5.75 Å². The van der Waals surface area contributed by atoms with Crippen molar-refractivity contribution in [2.24, 2.45) is 0 Å². The second kappa shape index (κ2) is 5.76. The number of rotatable bonds is 5. The fourth-order valence-electron chi connectivity index (χ4n) is 1.72. The van der Waals surface area contributed by atoms with E-state index in [-0.39, 0.29) is 0 Å². The summed E-state index contributed by atoms with van der Waals surface area (Å²) in [6.07, 6.45) is 2.20. The third kappa shape index (κ3) is 3.56. The topological polar surface area (TPSA) is 32.3 Å².